The predicted molar refractivity (Wildman–Crippen MR) is 70.1 cm³/mol. The fraction of sp³-hybridized carbons (Fsp3) is 0.833. The summed E-state index contributed by atoms with van der Waals surface area (Å²) in [6.45, 7) is 9.40. The van der Waals surface area contributed by atoms with Crippen LogP contribution in [0, 0.1) is 0 Å². The van der Waals surface area contributed by atoms with Crippen LogP contribution in [0.5, 0.6) is 0 Å². The lowest BCUT2D eigenvalue weighted by Crippen LogP contribution is -2.56. The summed E-state index contributed by atoms with van der Waals surface area (Å²) in [5, 5.41) is 0. The normalized spacial score (nSPS) is 17.6. The third-order valence-electron chi connectivity index (χ3n) is 3.29. The molecule has 1 aliphatic rings. The van der Waals surface area contributed by atoms with Gasteiger partial charge in [0.25, 0.3) is 0 Å². The predicted octanol–water partition coefficient (Wildman–Crippen LogP) is -0.0604. The highest BCUT2D eigenvalue weighted by Gasteiger charge is 2.27. The van der Waals surface area contributed by atoms with Crippen LogP contribution in [0.1, 0.15) is 20.8 Å². The van der Waals surface area contributed by atoms with Crippen molar-refractivity contribution in [3.05, 3.63) is 0 Å². The van der Waals surface area contributed by atoms with E-state index < -0.39 is 6.04 Å². The fourth-order valence-electron chi connectivity index (χ4n) is 2.10. The SMILES string of the molecule is CCN(CC)C(=O)N1CCN(C(=O)C(C)N)CC1. The molecule has 1 fully saturated rings. The molecule has 1 atom stereocenters. The van der Waals surface area contributed by atoms with Gasteiger partial charge in [0.05, 0.1) is 6.04 Å². The average molecular weight is 256 g/mol. The Morgan fingerprint density at radius 2 is 1.56 bits per heavy atom. The number of urea groups is 1. The molecule has 18 heavy (non-hydrogen) atoms. The van der Waals surface area contributed by atoms with Crippen LogP contribution >= 0.6 is 0 Å². The first-order valence-electron chi connectivity index (χ1n) is 6.59. The molecular formula is C12H24N4O2. The maximum absolute atomic E-state index is 12.1. The minimum absolute atomic E-state index is 0.0371. The zero-order valence-corrected chi connectivity index (χ0v) is 11.6. The summed E-state index contributed by atoms with van der Waals surface area (Å²) in [6, 6.07) is -0.400. The molecule has 2 N–H and O–H groups in total. The zero-order valence-electron chi connectivity index (χ0n) is 11.6. The monoisotopic (exact) mass is 256 g/mol. The number of piperazine rings is 1. The second kappa shape index (κ2) is 6.58. The van der Waals surface area contributed by atoms with E-state index in [1.807, 2.05) is 13.8 Å². The smallest absolute Gasteiger partial charge is 0.320 e. The Kier molecular flexibility index (Phi) is 5.40. The Morgan fingerprint density at radius 3 is 1.94 bits per heavy atom. The van der Waals surface area contributed by atoms with Gasteiger partial charge < -0.3 is 20.4 Å². The molecule has 0 aromatic heterocycles. The summed E-state index contributed by atoms with van der Waals surface area (Å²) in [5.41, 5.74) is 5.57. The van der Waals surface area contributed by atoms with E-state index in [1.165, 1.54) is 0 Å². The molecule has 0 aliphatic carbocycles. The Balaban J connectivity index is 2.49. The molecule has 1 rings (SSSR count). The van der Waals surface area contributed by atoms with Crippen LogP contribution in [0.4, 0.5) is 4.79 Å². The molecule has 1 aliphatic heterocycles. The van der Waals surface area contributed by atoms with E-state index in [9.17, 15) is 9.59 Å². The van der Waals surface area contributed by atoms with Crippen LogP contribution in [-0.2, 0) is 4.79 Å². The molecule has 3 amide bonds. The molecule has 104 valence electrons. The van der Waals surface area contributed by atoms with Gasteiger partial charge in [0, 0.05) is 39.3 Å². The average Bonchev–Trinajstić information content (AvgIpc) is 2.39. The lowest BCUT2D eigenvalue weighted by molar-refractivity contribution is -0.133. The van der Waals surface area contributed by atoms with Crippen molar-refractivity contribution in [1.29, 1.82) is 0 Å². The molecule has 0 spiro atoms. The molecular weight excluding hydrogens is 232 g/mol. The number of amides is 3. The van der Waals surface area contributed by atoms with Crippen LogP contribution < -0.4 is 5.73 Å². The number of nitrogens with two attached hydrogens (primary N) is 1. The molecule has 0 aromatic carbocycles. The van der Waals surface area contributed by atoms with Gasteiger partial charge in [0.2, 0.25) is 5.91 Å². The largest absolute Gasteiger partial charge is 0.338 e. The van der Waals surface area contributed by atoms with Gasteiger partial charge >= 0.3 is 6.03 Å². The van der Waals surface area contributed by atoms with Gasteiger partial charge in [-0.15, -0.1) is 0 Å². The van der Waals surface area contributed by atoms with Gasteiger partial charge in [0.15, 0.2) is 0 Å². The van der Waals surface area contributed by atoms with Gasteiger partial charge in [0.1, 0.15) is 0 Å². The van der Waals surface area contributed by atoms with Crippen LogP contribution in [0.25, 0.3) is 0 Å². The van der Waals surface area contributed by atoms with Crippen molar-refractivity contribution in [2.45, 2.75) is 26.8 Å². The number of carbonyl (C=O) groups excluding carboxylic acids is 2. The lowest BCUT2D eigenvalue weighted by atomic mass is 10.2. The van der Waals surface area contributed by atoms with Crippen LogP contribution in [-0.4, -0.2) is 71.9 Å². The first kappa shape index (κ1) is 14.8. The highest BCUT2D eigenvalue weighted by atomic mass is 16.2. The standard InChI is InChI=1S/C12H24N4O2/c1-4-14(5-2)12(18)16-8-6-15(7-9-16)11(17)10(3)13/h10H,4-9,13H2,1-3H3. The van der Waals surface area contributed by atoms with Gasteiger partial charge in [-0.2, -0.15) is 0 Å². The van der Waals surface area contributed by atoms with Gasteiger partial charge in [-0.05, 0) is 20.8 Å². The van der Waals surface area contributed by atoms with E-state index in [4.69, 9.17) is 5.73 Å². The summed E-state index contributed by atoms with van der Waals surface area (Å²) in [4.78, 5) is 29.1. The number of hydrogen-bond acceptors (Lipinski definition) is 3. The summed E-state index contributed by atoms with van der Waals surface area (Å²) in [5.74, 6) is -0.0371. The molecule has 0 radical (unpaired) electrons. The maximum atomic E-state index is 12.1. The Bertz CT molecular complexity index is 294. The van der Waals surface area contributed by atoms with Crippen molar-refractivity contribution in [1.82, 2.24) is 14.7 Å². The second-order valence-electron chi connectivity index (χ2n) is 4.56. The van der Waals surface area contributed by atoms with Crippen LogP contribution in [0.3, 0.4) is 0 Å². The minimum atomic E-state index is -0.463. The maximum Gasteiger partial charge on any atom is 0.320 e. The van der Waals surface area contributed by atoms with Crippen LogP contribution in [0.15, 0.2) is 0 Å². The van der Waals surface area contributed by atoms with Gasteiger partial charge in [-0.25, -0.2) is 4.79 Å². The summed E-state index contributed by atoms with van der Waals surface area (Å²) in [7, 11) is 0. The third-order valence-corrected chi connectivity index (χ3v) is 3.29. The molecule has 0 aromatic rings. The first-order chi connectivity index (χ1) is 8.51. The van der Waals surface area contributed by atoms with Crippen molar-refractivity contribution < 1.29 is 9.59 Å². The minimum Gasteiger partial charge on any atom is -0.338 e. The summed E-state index contributed by atoms with van der Waals surface area (Å²) < 4.78 is 0. The van der Waals surface area contributed by atoms with E-state index in [0.29, 0.717) is 39.3 Å². The summed E-state index contributed by atoms with van der Waals surface area (Å²) in [6.07, 6.45) is 0. The van der Waals surface area contributed by atoms with E-state index >= 15 is 0 Å². The molecule has 0 bridgehead atoms. The first-order valence-corrected chi connectivity index (χ1v) is 6.59. The van der Waals surface area contributed by atoms with E-state index in [0.717, 1.165) is 0 Å². The Morgan fingerprint density at radius 1 is 1.11 bits per heavy atom. The number of rotatable bonds is 3. The second-order valence-corrected chi connectivity index (χ2v) is 4.56. The quantitative estimate of drug-likeness (QED) is 0.769. The summed E-state index contributed by atoms with van der Waals surface area (Å²) >= 11 is 0. The Labute approximate surface area is 109 Å². The third kappa shape index (κ3) is 3.35. The van der Waals surface area contributed by atoms with Crippen molar-refractivity contribution in [3.63, 3.8) is 0 Å². The van der Waals surface area contributed by atoms with Crippen molar-refractivity contribution in [3.8, 4) is 0 Å². The topological polar surface area (TPSA) is 69.9 Å². The van der Waals surface area contributed by atoms with Crippen molar-refractivity contribution >= 4 is 11.9 Å². The van der Waals surface area contributed by atoms with Gasteiger partial charge in [-0.1, -0.05) is 0 Å². The molecule has 1 unspecified atom stereocenters. The fourth-order valence-corrected chi connectivity index (χ4v) is 2.10. The van der Waals surface area contributed by atoms with Gasteiger partial charge in [-0.3, -0.25) is 4.79 Å². The molecule has 0 saturated carbocycles. The number of nitrogens with zero attached hydrogens (tertiary/aromatic N) is 3. The van der Waals surface area contributed by atoms with E-state index in [1.54, 1.807) is 21.6 Å². The van der Waals surface area contributed by atoms with Crippen LogP contribution in [0.2, 0.25) is 0 Å². The Hall–Kier alpha value is -1.30. The lowest BCUT2D eigenvalue weighted by Gasteiger charge is -2.37. The van der Waals surface area contributed by atoms with E-state index in [2.05, 4.69) is 0 Å². The molecule has 6 heteroatoms. The number of carbonyl (C=O) groups is 2. The van der Waals surface area contributed by atoms with Crippen molar-refractivity contribution in [2.24, 2.45) is 5.73 Å². The highest BCUT2D eigenvalue weighted by Crippen LogP contribution is 2.06. The van der Waals surface area contributed by atoms with E-state index in [-0.39, 0.29) is 11.9 Å². The molecule has 1 heterocycles. The number of hydrogen-bond donors (Lipinski definition) is 1. The molecule has 1 saturated heterocycles. The van der Waals surface area contributed by atoms with Crippen molar-refractivity contribution in [2.75, 3.05) is 39.3 Å². The molecule has 6 nitrogen and oxygen atoms in total. The highest BCUT2D eigenvalue weighted by molar-refractivity contribution is 5.81. The zero-order chi connectivity index (χ0) is 13.7.